The number of carbonyl (C=O) groups is 2. The van der Waals surface area contributed by atoms with Crippen molar-refractivity contribution in [2.24, 2.45) is 0 Å². The van der Waals surface area contributed by atoms with E-state index in [0.717, 1.165) is 23.7 Å². The minimum atomic E-state index is -0.272. The Hall–Kier alpha value is -3.09. The van der Waals surface area contributed by atoms with Crippen molar-refractivity contribution in [1.29, 1.82) is 0 Å². The highest BCUT2D eigenvalue weighted by Gasteiger charge is 2.26. The minimum Gasteiger partial charge on any atom is -0.348 e. The van der Waals surface area contributed by atoms with Crippen LogP contribution < -0.4 is 10.6 Å². The van der Waals surface area contributed by atoms with Gasteiger partial charge in [-0.15, -0.1) is 0 Å². The summed E-state index contributed by atoms with van der Waals surface area (Å²) in [6, 6.07) is 8.18. The van der Waals surface area contributed by atoms with E-state index < -0.39 is 0 Å². The van der Waals surface area contributed by atoms with Crippen molar-refractivity contribution in [2.75, 3.05) is 5.32 Å². The maximum Gasteiger partial charge on any atom is 0.271 e. The van der Waals surface area contributed by atoms with Gasteiger partial charge < -0.3 is 15.2 Å². The third-order valence-electron chi connectivity index (χ3n) is 4.57. The molecule has 0 radical (unpaired) electrons. The quantitative estimate of drug-likeness (QED) is 0.659. The average molecular weight is 351 g/mol. The molecule has 0 bridgehead atoms. The topological polar surface area (TPSA) is 91.8 Å². The number of fused-ring (bicyclic) bond motifs is 1. The van der Waals surface area contributed by atoms with Gasteiger partial charge in [0.1, 0.15) is 5.69 Å². The minimum absolute atomic E-state index is 0.238. The molecule has 2 aromatic heterocycles. The van der Waals surface area contributed by atoms with Crippen molar-refractivity contribution in [3.63, 3.8) is 0 Å². The van der Waals surface area contributed by atoms with Gasteiger partial charge in [0.25, 0.3) is 11.8 Å². The van der Waals surface area contributed by atoms with Gasteiger partial charge in [0, 0.05) is 34.7 Å². The molecular formula is C19H21N5O2. The molecular weight excluding hydrogens is 330 g/mol. The summed E-state index contributed by atoms with van der Waals surface area (Å²) in [5.41, 5.74) is 2.28. The molecule has 0 atom stereocenters. The van der Waals surface area contributed by atoms with Crippen LogP contribution in [0, 0.1) is 0 Å². The van der Waals surface area contributed by atoms with E-state index in [1.54, 1.807) is 6.07 Å². The molecule has 0 aliphatic heterocycles. The van der Waals surface area contributed by atoms with Gasteiger partial charge in [-0.25, -0.2) is 0 Å². The highest BCUT2D eigenvalue weighted by Crippen LogP contribution is 2.23. The van der Waals surface area contributed by atoms with Gasteiger partial charge in [0.05, 0.1) is 11.9 Å². The Morgan fingerprint density at radius 2 is 2.04 bits per heavy atom. The van der Waals surface area contributed by atoms with Crippen LogP contribution in [0.15, 0.2) is 36.7 Å². The summed E-state index contributed by atoms with van der Waals surface area (Å²) in [4.78, 5) is 24.8. The van der Waals surface area contributed by atoms with E-state index >= 15 is 0 Å². The third kappa shape index (κ3) is 3.08. The number of carbonyl (C=O) groups excluding carboxylic acids is 2. The number of hydrogen-bond acceptors (Lipinski definition) is 3. The van der Waals surface area contributed by atoms with Crippen LogP contribution in [0.4, 0.5) is 5.69 Å². The highest BCUT2D eigenvalue weighted by molar-refractivity contribution is 6.09. The number of anilines is 1. The molecule has 26 heavy (non-hydrogen) atoms. The first-order valence-corrected chi connectivity index (χ1v) is 8.79. The Bertz CT molecular complexity index is 981. The van der Waals surface area contributed by atoms with Crippen molar-refractivity contribution in [1.82, 2.24) is 20.1 Å². The smallest absolute Gasteiger partial charge is 0.271 e. The van der Waals surface area contributed by atoms with E-state index in [2.05, 4.69) is 39.2 Å². The molecule has 2 heterocycles. The number of H-pyrrole nitrogens is 1. The zero-order valence-corrected chi connectivity index (χ0v) is 14.7. The van der Waals surface area contributed by atoms with Crippen LogP contribution in [0.5, 0.6) is 0 Å². The molecule has 1 aromatic carbocycles. The number of aromatic amines is 1. The van der Waals surface area contributed by atoms with Gasteiger partial charge in [-0.05, 0) is 51.0 Å². The molecule has 1 saturated carbocycles. The Kier molecular flexibility index (Phi) is 3.99. The first kappa shape index (κ1) is 16.4. The lowest BCUT2D eigenvalue weighted by atomic mass is 10.1. The molecule has 134 valence electrons. The van der Waals surface area contributed by atoms with Crippen LogP contribution >= 0.6 is 0 Å². The monoisotopic (exact) mass is 351 g/mol. The molecule has 3 aromatic rings. The van der Waals surface area contributed by atoms with Crippen LogP contribution in [-0.2, 0) is 0 Å². The molecule has 1 aliphatic rings. The van der Waals surface area contributed by atoms with Crippen molar-refractivity contribution in [3.8, 4) is 0 Å². The molecule has 0 spiro atoms. The van der Waals surface area contributed by atoms with Crippen molar-refractivity contribution < 1.29 is 9.59 Å². The Morgan fingerprint density at radius 3 is 2.77 bits per heavy atom. The summed E-state index contributed by atoms with van der Waals surface area (Å²) in [5, 5.41) is 13.2. The molecule has 4 rings (SSSR count). The normalized spacial score (nSPS) is 14.0. The number of amides is 2. The molecule has 2 amide bonds. The summed E-state index contributed by atoms with van der Waals surface area (Å²) in [5.74, 6) is -0.518. The number of aromatic nitrogens is 3. The number of nitrogens with one attached hydrogen (secondary N) is 3. The van der Waals surface area contributed by atoms with Crippen LogP contribution in [0.25, 0.3) is 10.9 Å². The number of benzene rings is 1. The van der Waals surface area contributed by atoms with E-state index in [0.29, 0.717) is 17.3 Å². The summed E-state index contributed by atoms with van der Waals surface area (Å²) < 4.78 is 2.16. The van der Waals surface area contributed by atoms with E-state index in [4.69, 9.17) is 0 Å². The zero-order chi connectivity index (χ0) is 18.3. The summed E-state index contributed by atoms with van der Waals surface area (Å²) in [6.45, 7) is 4.24. The van der Waals surface area contributed by atoms with Crippen LogP contribution in [0.2, 0.25) is 0 Å². The lowest BCUT2D eigenvalue weighted by Crippen LogP contribution is -2.27. The van der Waals surface area contributed by atoms with Crippen molar-refractivity contribution >= 4 is 28.4 Å². The van der Waals surface area contributed by atoms with Crippen LogP contribution in [0.1, 0.15) is 53.6 Å². The summed E-state index contributed by atoms with van der Waals surface area (Å²) >= 11 is 0. The van der Waals surface area contributed by atoms with E-state index in [-0.39, 0.29) is 23.6 Å². The molecule has 1 aliphatic carbocycles. The maximum atomic E-state index is 12.6. The highest BCUT2D eigenvalue weighted by atomic mass is 16.2. The first-order chi connectivity index (χ1) is 12.5. The van der Waals surface area contributed by atoms with Gasteiger partial charge in [0.15, 0.2) is 0 Å². The molecule has 7 nitrogen and oxygen atoms in total. The van der Waals surface area contributed by atoms with Crippen LogP contribution in [0.3, 0.4) is 0 Å². The number of hydrogen-bond donors (Lipinski definition) is 3. The molecule has 0 unspecified atom stereocenters. The third-order valence-corrected chi connectivity index (χ3v) is 4.57. The van der Waals surface area contributed by atoms with E-state index in [9.17, 15) is 9.59 Å². The van der Waals surface area contributed by atoms with Crippen LogP contribution in [-0.4, -0.2) is 32.6 Å². The fraction of sp³-hybridized carbons (Fsp3) is 0.316. The second-order valence-corrected chi connectivity index (χ2v) is 6.95. The molecule has 0 saturated heterocycles. The average Bonchev–Trinajstić information content (AvgIpc) is 3.14. The number of rotatable bonds is 5. The van der Waals surface area contributed by atoms with Gasteiger partial charge in [0.2, 0.25) is 0 Å². The standard InChI is InChI=1S/C19H21N5O2/c1-11(2)24-8-7-12-9-13(3-6-16(12)24)18(25)22-15-10-20-23-17(15)19(26)21-14-4-5-14/h3,6-11,14H,4-5H2,1-2H3,(H,20,23)(H,21,26)(H,22,25). The van der Waals surface area contributed by atoms with Gasteiger partial charge in [-0.3, -0.25) is 14.7 Å². The van der Waals surface area contributed by atoms with Crippen molar-refractivity contribution in [2.45, 2.75) is 38.8 Å². The van der Waals surface area contributed by atoms with E-state index in [1.165, 1.54) is 6.20 Å². The lowest BCUT2D eigenvalue weighted by Gasteiger charge is -2.10. The van der Waals surface area contributed by atoms with Gasteiger partial charge >= 0.3 is 0 Å². The Balaban J connectivity index is 1.54. The van der Waals surface area contributed by atoms with Gasteiger partial charge in [-0.2, -0.15) is 5.10 Å². The van der Waals surface area contributed by atoms with Crippen molar-refractivity contribution in [3.05, 3.63) is 47.9 Å². The largest absolute Gasteiger partial charge is 0.348 e. The lowest BCUT2D eigenvalue weighted by molar-refractivity contribution is 0.0947. The summed E-state index contributed by atoms with van der Waals surface area (Å²) in [7, 11) is 0. The second kappa shape index (κ2) is 6.33. The molecule has 7 heteroatoms. The van der Waals surface area contributed by atoms with Gasteiger partial charge in [-0.1, -0.05) is 0 Å². The first-order valence-electron chi connectivity index (χ1n) is 8.79. The zero-order valence-electron chi connectivity index (χ0n) is 14.7. The van der Waals surface area contributed by atoms with E-state index in [1.807, 2.05) is 24.4 Å². The maximum absolute atomic E-state index is 12.6. The SMILES string of the molecule is CC(C)n1ccc2cc(C(=O)Nc3cn[nH]c3C(=O)NC3CC3)ccc21. The predicted molar refractivity (Wildman–Crippen MR) is 99.4 cm³/mol. The molecule has 3 N–H and O–H groups in total. The Morgan fingerprint density at radius 1 is 1.23 bits per heavy atom. The summed E-state index contributed by atoms with van der Waals surface area (Å²) in [6.07, 6.45) is 5.47. The fourth-order valence-corrected chi connectivity index (χ4v) is 2.99. The molecule has 1 fully saturated rings. The fourth-order valence-electron chi connectivity index (χ4n) is 2.99. The predicted octanol–water partition coefficient (Wildman–Crippen LogP) is 3.09. The Labute approximate surface area is 150 Å². The number of nitrogens with zero attached hydrogens (tertiary/aromatic N) is 2. The second-order valence-electron chi connectivity index (χ2n) is 6.95.